The highest BCUT2D eigenvalue weighted by molar-refractivity contribution is 9.10. The van der Waals surface area contributed by atoms with Crippen LogP contribution in [0.1, 0.15) is 11.4 Å². The Labute approximate surface area is 144 Å². The number of aromatic nitrogens is 2. The SMILES string of the molecule is Cc1nc(Nc2ccccc2)cc(Nc2ccc(C)c(Br)c2)n1. The van der Waals surface area contributed by atoms with Gasteiger partial charge in [-0.1, -0.05) is 40.2 Å². The Balaban J connectivity index is 1.83. The molecule has 116 valence electrons. The van der Waals surface area contributed by atoms with Crippen LogP contribution in [0.4, 0.5) is 23.0 Å². The summed E-state index contributed by atoms with van der Waals surface area (Å²) in [6, 6.07) is 18.0. The van der Waals surface area contributed by atoms with Gasteiger partial charge in [0.1, 0.15) is 17.5 Å². The summed E-state index contributed by atoms with van der Waals surface area (Å²) >= 11 is 3.55. The van der Waals surface area contributed by atoms with Gasteiger partial charge in [-0.2, -0.15) is 0 Å². The number of aryl methyl sites for hydroxylation is 2. The molecule has 0 spiro atoms. The lowest BCUT2D eigenvalue weighted by Gasteiger charge is -2.11. The predicted octanol–water partition coefficient (Wildman–Crippen LogP) is 5.34. The van der Waals surface area contributed by atoms with Gasteiger partial charge in [-0.25, -0.2) is 9.97 Å². The van der Waals surface area contributed by atoms with Crippen LogP contribution in [0, 0.1) is 13.8 Å². The zero-order valence-corrected chi connectivity index (χ0v) is 14.6. The Bertz CT molecular complexity index is 819. The summed E-state index contributed by atoms with van der Waals surface area (Å²) in [4.78, 5) is 8.88. The molecule has 0 aliphatic rings. The Hall–Kier alpha value is -2.40. The van der Waals surface area contributed by atoms with Crippen molar-refractivity contribution in [3.8, 4) is 0 Å². The van der Waals surface area contributed by atoms with Crippen molar-refractivity contribution in [3.63, 3.8) is 0 Å². The minimum Gasteiger partial charge on any atom is -0.340 e. The lowest BCUT2D eigenvalue weighted by Crippen LogP contribution is -2.01. The van der Waals surface area contributed by atoms with Gasteiger partial charge in [0.15, 0.2) is 0 Å². The fourth-order valence-electron chi connectivity index (χ4n) is 2.18. The van der Waals surface area contributed by atoms with Gasteiger partial charge in [-0.15, -0.1) is 0 Å². The van der Waals surface area contributed by atoms with E-state index in [0.717, 1.165) is 27.5 Å². The Morgan fingerprint density at radius 1 is 0.783 bits per heavy atom. The van der Waals surface area contributed by atoms with Crippen molar-refractivity contribution < 1.29 is 0 Å². The molecule has 4 nitrogen and oxygen atoms in total. The molecule has 2 aromatic carbocycles. The van der Waals surface area contributed by atoms with Crippen LogP contribution in [0.25, 0.3) is 0 Å². The highest BCUT2D eigenvalue weighted by Gasteiger charge is 2.04. The van der Waals surface area contributed by atoms with Crippen molar-refractivity contribution in [1.82, 2.24) is 9.97 Å². The van der Waals surface area contributed by atoms with E-state index in [1.807, 2.05) is 55.5 Å². The molecule has 0 aliphatic carbocycles. The number of nitrogens with one attached hydrogen (secondary N) is 2. The second kappa shape index (κ2) is 6.79. The number of rotatable bonds is 4. The summed E-state index contributed by atoms with van der Waals surface area (Å²) in [5.74, 6) is 2.23. The van der Waals surface area contributed by atoms with E-state index >= 15 is 0 Å². The van der Waals surface area contributed by atoms with Gasteiger partial charge >= 0.3 is 0 Å². The van der Waals surface area contributed by atoms with Crippen LogP contribution >= 0.6 is 15.9 Å². The van der Waals surface area contributed by atoms with Gasteiger partial charge in [0, 0.05) is 21.9 Å². The van der Waals surface area contributed by atoms with Crippen molar-refractivity contribution in [2.24, 2.45) is 0 Å². The fourth-order valence-corrected chi connectivity index (χ4v) is 2.56. The first-order chi connectivity index (χ1) is 11.1. The van der Waals surface area contributed by atoms with Crippen molar-refractivity contribution in [2.75, 3.05) is 10.6 Å². The highest BCUT2D eigenvalue weighted by atomic mass is 79.9. The molecule has 0 bridgehead atoms. The third-order valence-corrected chi connectivity index (χ3v) is 4.18. The monoisotopic (exact) mass is 368 g/mol. The van der Waals surface area contributed by atoms with E-state index < -0.39 is 0 Å². The smallest absolute Gasteiger partial charge is 0.136 e. The number of anilines is 4. The van der Waals surface area contributed by atoms with E-state index in [4.69, 9.17) is 0 Å². The minimum atomic E-state index is 0.708. The Morgan fingerprint density at radius 3 is 2.09 bits per heavy atom. The van der Waals surface area contributed by atoms with E-state index in [-0.39, 0.29) is 0 Å². The number of benzene rings is 2. The first-order valence-corrected chi connectivity index (χ1v) is 8.10. The van der Waals surface area contributed by atoms with Crippen LogP contribution in [0.15, 0.2) is 59.1 Å². The largest absolute Gasteiger partial charge is 0.340 e. The van der Waals surface area contributed by atoms with Gasteiger partial charge in [0.2, 0.25) is 0 Å². The van der Waals surface area contributed by atoms with E-state index in [9.17, 15) is 0 Å². The summed E-state index contributed by atoms with van der Waals surface area (Å²) in [5.41, 5.74) is 3.17. The fraction of sp³-hybridized carbons (Fsp3) is 0.111. The van der Waals surface area contributed by atoms with E-state index in [1.165, 1.54) is 5.56 Å². The molecule has 1 heterocycles. The molecule has 0 fully saturated rings. The van der Waals surface area contributed by atoms with Gasteiger partial charge in [-0.3, -0.25) is 0 Å². The molecule has 0 saturated heterocycles. The minimum absolute atomic E-state index is 0.708. The standard InChI is InChI=1S/C18H17BrN4/c1-12-8-9-15(10-16(12)19)23-18-11-17(20-13(2)21-18)22-14-6-4-3-5-7-14/h3-11H,1-2H3,(H2,20,21,22,23). The maximum absolute atomic E-state index is 4.45. The molecule has 0 aliphatic heterocycles. The lowest BCUT2D eigenvalue weighted by molar-refractivity contribution is 1.06. The number of para-hydroxylation sites is 1. The van der Waals surface area contributed by atoms with Crippen LogP contribution in [-0.2, 0) is 0 Å². The average Bonchev–Trinajstić information content (AvgIpc) is 2.51. The molecule has 0 saturated carbocycles. The molecule has 0 radical (unpaired) electrons. The van der Waals surface area contributed by atoms with Crippen molar-refractivity contribution in [1.29, 1.82) is 0 Å². The topological polar surface area (TPSA) is 49.8 Å². The van der Waals surface area contributed by atoms with Crippen LogP contribution in [-0.4, -0.2) is 9.97 Å². The predicted molar refractivity (Wildman–Crippen MR) is 98.7 cm³/mol. The molecule has 0 atom stereocenters. The first-order valence-electron chi connectivity index (χ1n) is 7.31. The van der Waals surface area contributed by atoms with Gasteiger partial charge in [0.05, 0.1) is 0 Å². The molecular weight excluding hydrogens is 352 g/mol. The van der Waals surface area contributed by atoms with E-state index in [0.29, 0.717) is 5.82 Å². The van der Waals surface area contributed by atoms with Crippen LogP contribution in [0.2, 0.25) is 0 Å². The maximum Gasteiger partial charge on any atom is 0.136 e. The molecule has 3 aromatic rings. The van der Waals surface area contributed by atoms with Crippen LogP contribution < -0.4 is 10.6 Å². The highest BCUT2D eigenvalue weighted by Crippen LogP contribution is 2.24. The lowest BCUT2D eigenvalue weighted by atomic mass is 10.2. The number of hydrogen-bond donors (Lipinski definition) is 2. The quantitative estimate of drug-likeness (QED) is 0.652. The Morgan fingerprint density at radius 2 is 1.43 bits per heavy atom. The number of hydrogen-bond acceptors (Lipinski definition) is 4. The average molecular weight is 369 g/mol. The van der Waals surface area contributed by atoms with Crippen molar-refractivity contribution in [3.05, 3.63) is 70.5 Å². The third kappa shape index (κ3) is 4.07. The second-order valence-corrected chi connectivity index (χ2v) is 6.12. The van der Waals surface area contributed by atoms with Gasteiger partial charge in [0.25, 0.3) is 0 Å². The summed E-state index contributed by atoms with van der Waals surface area (Å²) in [6.07, 6.45) is 0. The van der Waals surface area contributed by atoms with E-state index in [2.05, 4.69) is 49.5 Å². The molecular formula is C18H17BrN4. The molecule has 1 aromatic heterocycles. The zero-order valence-electron chi connectivity index (χ0n) is 13.0. The Kier molecular flexibility index (Phi) is 4.57. The third-order valence-electron chi connectivity index (χ3n) is 3.33. The first kappa shape index (κ1) is 15.5. The normalized spacial score (nSPS) is 10.4. The molecule has 5 heteroatoms. The van der Waals surface area contributed by atoms with Crippen LogP contribution in [0.3, 0.4) is 0 Å². The molecule has 3 rings (SSSR count). The summed E-state index contributed by atoms with van der Waals surface area (Å²) < 4.78 is 1.07. The number of halogens is 1. The van der Waals surface area contributed by atoms with Gasteiger partial charge in [-0.05, 0) is 43.7 Å². The zero-order chi connectivity index (χ0) is 16.2. The molecule has 23 heavy (non-hydrogen) atoms. The summed E-state index contributed by atoms with van der Waals surface area (Å²) in [6.45, 7) is 3.94. The van der Waals surface area contributed by atoms with Crippen LogP contribution in [0.5, 0.6) is 0 Å². The van der Waals surface area contributed by atoms with E-state index in [1.54, 1.807) is 0 Å². The molecule has 2 N–H and O–H groups in total. The van der Waals surface area contributed by atoms with Crippen molar-refractivity contribution >= 4 is 38.9 Å². The number of nitrogens with zero attached hydrogens (tertiary/aromatic N) is 2. The maximum atomic E-state index is 4.45. The van der Waals surface area contributed by atoms with Crippen molar-refractivity contribution in [2.45, 2.75) is 13.8 Å². The summed E-state index contributed by atoms with van der Waals surface area (Å²) in [7, 11) is 0. The second-order valence-electron chi connectivity index (χ2n) is 5.27. The van der Waals surface area contributed by atoms with Gasteiger partial charge < -0.3 is 10.6 Å². The molecule has 0 amide bonds. The molecule has 0 unspecified atom stereocenters. The summed E-state index contributed by atoms with van der Waals surface area (Å²) in [5, 5.41) is 6.61.